The van der Waals surface area contributed by atoms with Crippen LogP contribution in [0.15, 0.2) is 0 Å². The lowest BCUT2D eigenvalue weighted by molar-refractivity contribution is -0.160. The molecule has 4 saturated carbocycles. The largest absolute Gasteiger partial charge is 0.408 e. The Bertz CT molecular complexity index is 369. The summed E-state index contributed by atoms with van der Waals surface area (Å²) in [4.78, 5) is 12.0. The maximum absolute atomic E-state index is 12.5. The van der Waals surface area contributed by atoms with E-state index in [1.54, 1.807) is 0 Å². The van der Waals surface area contributed by atoms with Gasteiger partial charge in [0, 0.05) is 6.42 Å². The molecule has 1 N–H and O–H groups in total. The van der Waals surface area contributed by atoms with Crippen molar-refractivity contribution in [1.82, 2.24) is 5.32 Å². The third kappa shape index (κ3) is 2.68. The number of hydrogen-bond donors (Lipinski definition) is 1. The Morgan fingerprint density at radius 2 is 1.60 bits per heavy atom. The van der Waals surface area contributed by atoms with E-state index in [9.17, 15) is 18.0 Å². The Morgan fingerprint density at radius 1 is 1.15 bits per heavy atom. The normalized spacial score (nSPS) is 40.7. The number of alkyl halides is 3. The zero-order valence-electron chi connectivity index (χ0n) is 11.8. The van der Waals surface area contributed by atoms with E-state index < -0.39 is 18.1 Å². The van der Waals surface area contributed by atoms with Gasteiger partial charge < -0.3 is 5.32 Å². The molecule has 20 heavy (non-hydrogen) atoms. The fourth-order valence-electron chi connectivity index (χ4n) is 5.22. The van der Waals surface area contributed by atoms with Crippen molar-refractivity contribution in [3.63, 3.8) is 0 Å². The minimum atomic E-state index is -4.35. The van der Waals surface area contributed by atoms with Crippen molar-refractivity contribution in [3.8, 4) is 0 Å². The van der Waals surface area contributed by atoms with E-state index in [1.807, 2.05) is 0 Å². The average Bonchev–Trinajstić information content (AvgIpc) is 2.23. The van der Waals surface area contributed by atoms with Crippen molar-refractivity contribution in [3.05, 3.63) is 0 Å². The average molecular weight is 289 g/mol. The smallest absolute Gasteiger partial charge is 0.345 e. The van der Waals surface area contributed by atoms with Gasteiger partial charge in [-0.25, -0.2) is 0 Å². The molecule has 4 bridgehead atoms. The molecule has 4 fully saturated rings. The number of rotatable bonds is 3. The highest BCUT2D eigenvalue weighted by Gasteiger charge is 2.51. The summed E-state index contributed by atoms with van der Waals surface area (Å²) in [7, 11) is 0. The van der Waals surface area contributed by atoms with Crippen LogP contribution in [0.2, 0.25) is 0 Å². The summed E-state index contributed by atoms with van der Waals surface area (Å²) in [5, 5.41) is 2.13. The standard InChI is InChI=1S/C15H22F3NO/c1-9(15(16,17)18)19-13(20)8-14-5-10-2-11(6-14)4-12(3-10)7-14/h9-12H,2-8H2,1H3,(H,19,20). The van der Waals surface area contributed by atoms with Gasteiger partial charge in [-0.2, -0.15) is 13.2 Å². The van der Waals surface area contributed by atoms with Crippen molar-refractivity contribution >= 4 is 5.91 Å². The van der Waals surface area contributed by atoms with E-state index >= 15 is 0 Å². The molecule has 4 aliphatic rings. The molecule has 0 radical (unpaired) electrons. The van der Waals surface area contributed by atoms with Gasteiger partial charge in [-0.3, -0.25) is 4.79 Å². The van der Waals surface area contributed by atoms with Crippen molar-refractivity contribution in [1.29, 1.82) is 0 Å². The van der Waals surface area contributed by atoms with E-state index in [1.165, 1.54) is 19.3 Å². The summed E-state index contributed by atoms with van der Waals surface area (Å²) < 4.78 is 37.5. The second-order valence-electron chi connectivity index (χ2n) is 7.43. The first-order valence-corrected chi connectivity index (χ1v) is 7.62. The molecule has 1 amide bonds. The number of carbonyl (C=O) groups excluding carboxylic acids is 1. The summed E-state index contributed by atoms with van der Waals surface area (Å²) >= 11 is 0. The lowest BCUT2D eigenvalue weighted by Crippen LogP contribution is -2.50. The van der Waals surface area contributed by atoms with Crippen LogP contribution in [0.1, 0.15) is 51.9 Å². The summed E-state index contributed by atoms with van der Waals surface area (Å²) in [6.07, 6.45) is 2.92. The molecule has 114 valence electrons. The highest BCUT2D eigenvalue weighted by atomic mass is 19.4. The Hall–Kier alpha value is -0.740. The second-order valence-corrected chi connectivity index (χ2v) is 7.43. The van der Waals surface area contributed by atoms with Crippen molar-refractivity contribution in [2.75, 3.05) is 0 Å². The minimum absolute atomic E-state index is 0.00412. The first kappa shape index (κ1) is 14.2. The summed E-state index contributed by atoms with van der Waals surface area (Å²) in [6, 6.07) is -1.75. The Labute approximate surface area is 117 Å². The SMILES string of the molecule is CC(NC(=O)CC12CC3CC(CC(C3)C1)C2)C(F)(F)F. The molecular formula is C15H22F3NO. The van der Waals surface area contributed by atoms with Gasteiger partial charge in [0.1, 0.15) is 6.04 Å². The van der Waals surface area contributed by atoms with Gasteiger partial charge in [-0.15, -0.1) is 0 Å². The van der Waals surface area contributed by atoms with Crippen LogP contribution in [0.5, 0.6) is 0 Å². The molecule has 0 spiro atoms. The van der Waals surface area contributed by atoms with Crippen LogP contribution >= 0.6 is 0 Å². The van der Waals surface area contributed by atoms with Gasteiger partial charge in [0.05, 0.1) is 0 Å². The highest BCUT2D eigenvalue weighted by molar-refractivity contribution is 5.77. The number of halogens is 3. The number of hydrogen-bond acceptors (Lipinski definition) is 1. The Kier molecular flexibility index (Phi) is 3.29. The lowest BCUT2D eigenvalue weighted by Gasteiger charge is -2.56. The molecule has 0 aromatic rings. The molecule has 0 heterocycles. The quantitative estimate of drug-likeness (QED) is 0.844. The molecule has 4 rings (SSSR count). The lowest BCUT2D eigenvalue weighted by atomic mass is 9.49. The Morgan fingerprint density at radius 3 is 2.00 bits per heavy atom. The monoisotopic (exact) mass is 289 g/mol. The first-order chi connectivity index (χ1) is 9.26. The zero-order valence-corrected chi connectivity index (χ0v) is 11.8. The fourth-order valence-corrected chi connectivity index (χ4v) is 5.22. The van der Waals surface area contributed by atoms with Crippen molar-refractivity contribution in [2.24, 2.45) is 23.2 Å². The first-order valence-electron chi connectivity index (χ1n) is 7.62. The third-order valence-electron chi connectivity index (χ3n) is 5.57. The molecule has 5 heteroatoms. The molecule has 0 aromatic heterocycles. The summed E-state index contributed by atoms with van der Waals surface area (Å²) in [5.41, 5.74) is 0.00412. The number of amides is 1. The maximum Gasteiger partial charge on any atom is 0.408 e. The molecule has 0 aliphatic heterocycles. The van der Waals surface area contributed by atoms with Gasteiger partial charge in [0.15, 0.2) is 0 Å². The molecule has 1 atom stereocenters. The van der Waals surface area contributed by atoms with Crippen LogP contribution in [0, 0.1) is 23.2 Å². The van der Waals surface area contributed by atoms with Gasteiger partial charge in [-0.05, 0) is 68.6 Å². The molecule has 0 saturated heterocycles. The van der Waals surface area contributed by atoms with Crippen molar-refractivity contribution in [2.45, 2.75) is 64.1 Å². The summed E-state index contributed by atoms with van der Waals surface area (Å²) in [6.45, 7) is 1.01. The van der Waals surface area contributed by atoms with Gasteiger partial charge in [0.2, 0.25) is 5.91 Å². The number of carbonyl (C=O) groups is 1. The predicted octanol–water partition coefficient (Wildman–Crippen LogP) is 3.66. The van der Waals surface area contributed by atoms with E-state index in [2.05, 4.69) is 5.32 Å². The predicted molar refractivity (Wildman–Crippen MR) is 68.9 cm³/mol. The third-order valence-corrected chi connectivity index (χ3v) is 5.57. The molecule has 4 aliphatic carbocycles. The van der Waals surface area contributed by atoms with Crippen LogP contribution in [-0.4, -0.2) is 18.1 Å². The van der Waals surface area contributed by atoms with E-state index in [4.69, 9.17) is 0 Å². The van der Waals surface area contributed by atoms with E-state index in [-0.39, 0.29) is 11.8 Å². The zero-order chi connectivity index (χ0) is 14.5. The minimum Gasteiger partial charge on any atom is -0.345 e. The Balaban J connectivity index is 1.61. The van der Waals surface area contributed by atoms with Crippen LogP contribution in [0.25, 0.3) is 0 Å². The second kappa shape index (κ2) is 4.63. The van der Waals surface area contributed by atoms with Crippen LogP contribution in [0.4, 0.5) is 13.2 Å². The van der Waals surface area contributed by atoms with Gasteiger partial charge in [0.25, 0.3) is 0 Å². The van der Waals surface area contributed by atoms with E-state index in [0.29, 0.717) is 17.8 Å². The van der Waals surface area contributed by atoms with Gasteiger partial charge >= 0.3 is 6.18 Å². The molecule has 2 nitrogen and oxygen atoms in total. The highest BCUT2D eigenvalue weighted by Crippen LogP contribution is 2.61. The number of nitrogens with one attached hydrogen (secondary N) is 1. The maximum atomic E-state index is 12.5. The van der Waals surface area contributed by atoms with Crippen LogP contribution in [-0.2, 0) is 4.79 Å². The van der Waals surface area contributed by atoms with Gasteiger partial charge in [-0.1, -0.05) is 0 Å². The summed E-state index contributed by atoms with van der Waals surface area (Å²) in [5.74, 6) is 1.73. The topological polar surface area (TPSA) is 29.1 Å². The van der Waals surface area contributed by atoms with Crippen molar-refractivity contribution < 1.29 is 18.0 Å². The molecule has 1 unspecified atom stereocenters. The van der Waals surface area contributed by atoms with Crippen LogP contribution in [0.3, 0.4) is 0 Å². The van der Waals surface area contributed by atoms with E-state index in [0.717, 1.165) is 26.2 Å². The molecule has 0 aromatic carbocycles. The molecular weight excluding hydrogens is 267 g/mol. The fraction of sp³-hybridized carbons (Fsp3) is 0.933. The van der Waals surface area contributed by atoms with Crippen LogP contribution < -0.4 is 5.32 Å².